The summed E-state index contributed by atoms with van der Waals surface area (Å²) in [4.78, 5) is 36.4. The fourth-order valence-electron chi connectivity index (χ4n) is 3.86. The largest absolute Gasteiger partial charge is 0.748 e. The van der Waals surface area contributed by atoms with Gasteiger partial charge in [0.15, 0.2) is 0 Å². The molecular weight excluding hydrogens is 356 g/mol. The van der Waals surface area contributed by atoms with Crippen LogP contribution in [0.3, 0.4) is 0 Å². The number of ether oxygens (including phenoxy) is 3. The summed E-state index contributed by atoms with van der Waals surface area (Å²) in [5, 5.41) is 0. The second-order valence-electron chi connectivity index (χ2n) is 6.66. The highest BCUT2D eigenvalue weighted by atomic mass is 32.2. The van der Waals surface area contributed by atoms with Crippen LogP contribution in [0.25, 0.3) is 0 Å². The minimum atomic E-state index is -4.50. The average molecular weight is 373 g/mol. The molecule has 25 heavy (non-hydrogen) atoms. The summed E-state index contributed by atoms with van der Waals surface area (Å²) < 4.78 is 47.7. The van der Waals surface area contributed by atoms with Gasteiger partial charge in [0, 0.05) is 18.4 Å². The lowest BCUT2D eigenvalue weighted by Crippen LogP contribution is -2.46. The number of Topliss-reactive ketones (excluding diaryl/α,β-unsaturated/α-hetero) is 1. The monoisotopic (exact) mass is 373 g/mol. The molecule has 2 aliphatic heterocycles. The van der Waals surface area contributed by atoms with Gasteiger partial charge >= 0.3 is 11.9 Å². The Balaban J connectivity index is 1.70. The van der Waals surface area contributed by atoms with Crippen LogP contribution in [-0.4, -0.2) is 60.9 Å². The molecule has 0 aromatic carbocycles. The lowest BCUT2D eigenvalue weighted by molar-refractivity contribution is -0.159. The lowest BCUT2D eigenvalue weighted by Gasteiger charge is -2.31. The number of ketones is 1. The van der Waals surface area contributed by atoms with Gasteiger partial charge in [-0.1, -0.05) is 6.58 Å². The summed E-state index contributed by atoms with van der Waals surface area (Å²) in [5.74, 6) is -4.18. The van der Waals surface area contributed by atoms with Crippen molar-refractivity contribution in [2.24, 2.45) is 11.8 Å². The summed E-state index contributed by atoms with van der Waals surface area (Å²) in [6, 6.07) is 0. The van der Waals surface area contributed by atoms with Gasteiger partial charge in [0.2, 0.25) is 0 Å². The standard InChI is InChI=1S/C15H18O9S/c1-7(2)13(17)24-15-5-8(16)10-11(9(6-15)23-12(10)15)14(18)22-3-4-25(19,20)21/h9-12H,1,3-6H2,2H3,(H,19,20,21)/p-1. The van der Waals surface area contributed by atoms with E-state index in [0.29, 0.717) is 0 Å². The van der Waals surface area contributed by atoms with Crippen LogP contribution in [0, 0.1) is 11.8 Å². The highest BCUT2D eigenvalue weighted by molar-refractivity contribution is 7.85. The Labute approximate surface area is 144 Å². The molecule has 0 amide bonds. The van der Waals surface area contributed by atoms with Gasteiger partial charge in [-0.2, -0.15) is 0 Å². The Morgan fingerprint density at radius 3 is 2.72 bits per heavy atom. The highest BCUT2D eigenvalue weighted by Crippen LogP contribution is 2.58. The zero-order valence-electron chi connectivity index (χ0n) is 13.4. The van der Waals surface area contributed by atoms with Gasteiger partial charge in [0.1, 0.15) is 24.1 Å². The first-order chi connectivity index (χ1) is 11.5. The third-order valence-electron chi connectivity index (χ3n) is 4.84. The maximum atomic E-state index is 12.3. The van der Waals surface area contributed by atoms with Crippen molar-refractivity contribution in [3.05, 3.63) is 12.2 Å². The van der Waals surface area contributed by atoms with Gasteiger partial charge in [0.05, 0.1) is 33.8 Å². The molecule has 1 saturated carbocycles. The summed E-state index contributed by atoms with van der Waals surface area (Å²) >= 11 is 0. The van der Waals surface area contributed by atoms with E-state index < -0.39 is 64.1 Å². The van der Waals surface area contributed by atoms with Crippen LogP contribution in [0.2, 0.25) is 0 Å². The molecule has 0 radical (unpaired) electrons. The van der Waals surface area contributed by atoms with E-state index in [1.54, 1.807) is 0 Å². The maximum absolute atomic E-state index is 12.3. The van der Waals surface area contributed by atoms with Crippen molar-refractivity contribution in [2.45, 2.75) is 37.6 Å². The summed E-state index contributed by atoms with van der Waals surface area (Å²) in [5.41, 5.74) is -0.889. The van der Waals surface area contributed by atoms with Gasteiger partial charge < -0.3 is 18.8 Å². The van der Waals surface area contributed by atoms with Crippen LogP contribution in [0.4, 0.5) is 0 Å². The molecule has 138 valence electrons. The maximum Gasteiger partial charge on any atom is 0.333 e. The molecule has 3 aliphatic rings. The van der Waals surface area contributed by atoms with Gasteiger partial charge in [-0.25, -0.2) is 13.2 Å². The number of carbonyl (C=O) groups is 3. The van der Waals surface area contributed by atoms with Crippen molar-refractivity contribution in [3.63, 3.8) is 0 Å². The first kappa shape index (κ1) is 18.0. The third kappa shape index (κ3) is 3.09. The second-order valence-corrected chi connectivity index (χ2v) is 8.18. The number of esters is 2. The fourth-order valence-corrected chi connectivity index (χ4v) is 4.15. The molecule has 1 aliphatic carbocycles. The Kier molecular flexibility index (Phi) is 4.25. The van der Waals surface area contributed by atoms with Crippen LogP contribution in [0.1, 0.15) is 19.8 Å². The van der Waals surface area contributed by atoms with Crippen molar-refractivity contribution >= 4 is 27.8 Å². The van der Waals surface area contributed by atoms with Crippen molar-refractivity contribution in [1.82, 2.24) is 0 Å². The summed E-state index contributed by atoms with van der Waals surface area (Å²) in [6.07, 6.45) is -1.25. The molecule has 3 rings (SSSR count). The second kappa shape index (κ2) is 5.89. The van der Waals surface area contributed by atoms with Crippen LogP contribution >= 0.6 is 0 Å². The van der Waals surface area contributed by atoms with E-state index in [9.17, 15) is 27.4 Å². The van der Waals surface area contributed by atoms with E-state index in [1.807, 2.05) is 0 Å². The van der Waals surface area contributed by atoms with E-state index in [4.69, 9.17) is 14.2 Å². The molecule has 0 N–H and O–H groups in total. The molecule has 5 unspecified atom stereocenters. The fraction of sp³-hybridized carbons (Fsp3) is 0.667. The van der Waals surface area contributed by atoms with Crippen molar-refractivity contribution in [2.75, 3.05) is 12.4 Å². The molecule has 5 atom stereocenters. The molecule has 3 fully saturated rings. The Bertz CT molecular complexity index is 755. The van der Waals surface area contributed by atoms with E-state index in [-0.39, 0.29) is 24.2 Å². The lowest BCUT2D eigenvalue weighted by atomic mass is 9.77. The normalized spacial score (nSPS) is 35.7. The average Bonchev–Trinajstić information content (AvgIpc) is 3.04. The molecule has 9 nitrogen and oxygen atoms in total. The predicted octanol–water partition coefficient (Wildman–Crippen LogP) is -0.691. The molecule has 10 heteroatoms. The van der Waals surface area contributed by atoms with Crippen molar-refractivity contribution in [1.29, 1.82) is 0 Å². The topological polar surface area (TPSA) is 136 Å². The zero-order valence-corrected chi connectivity index (χ0v) is 14.2. The highest BCUT2D eigenvalue weighted by Gasteiger charge is 2.72. The number of rotatable bonds is 6. The van der Waals surface area contributed by atoms with Gasteiger partial charge in [-0.05, 0) is 6.92 Å². The number of hydrogen-bond acceptors (Lipinski definition) is 9. The van der Waals surface area contributed by atoms with Crippen molar-refractivity contribution in [3.8, 4) is 0 Å². The zero-order chi connectivity index (χ0) is 18.6. The van der Waals surface area contributed by atoms with E-state index in [0.717, 1.165) is 0 Å². The molecule has 0 aromatic rings. The molecular formula is C15H17O9S-. The molecule has 0 spiro atoms. The predicted molar refractivity (Wildman–Crippen MR) is 79.0 cm³/mol. The van der Waals surface area contributed by atoms with E-state index in [1.165, 1.54) is 6.92 Å². The summed E-state index contributed by atoms with van der Waals surface area (Å²) in [6.45, 7) is 4.42. The van der Waals surface area contributed by atoms with Crippen LogP contribution < -0.4 is 0 Å². The minimum Gasteiger partial charge on any atom is -0.748 e. The van der Waals surface area contributed by atoms with E-state index in [2.05, 4.69) is 6.58 Å². The SMILES string of the molecule is C=C(C)C(=O)OC12CC(=O)C3C(C(=O)OCCS(=O)(=O)[O-])C(C1)OC32. The first-order valence-corrected chi connectivity index (χ1v) is 9.29. The Morgan fingerprint density at radius 2 is 2.12 bits per heavy atom. The van der Waals surface area contributed by atoms with Gasteiger partial charge in [0.25, 0.3) is 0 Å². The first-order valence-electron chi connectivity index (χ1n) is 7.71. The smallest absolute Gasteiger partial charge is 0.333 e. The number of carbonyl (C=O) groups excluding carboxylic acids is 3. The molecule has 0 aromatic heterocycles. The molecule has 2 heterocycles. The van der Waals surface area contributed by atoms with Gasteiger partial charge in [-0.15, -0.1) is 0 Å². The van der Waals surface area contributed by atoms with Crippen LogP contribution in [-0.2, 0) is 38.7 Å². The quantitative estimate of drug-likeness (QED) is 0.336. The van der Waals surface area contributed by atoms with E-state index >= 15 is 0 Å². The van der Waals surface area contributed by atoms with Crippen LogP contribution in [0.5, 0.6) is 0 Å². The molecule has 2 bridgehead atoms. The Hall–Kier alpha value is -1.78. The minimum absolute atomic E-state index is 0.0451. The molecule has 2 saturated heterocycles. The van der Waals surface area contributed by atoms with Gasteiger partial charge in [-0.3, -0.25) is 9.59 Å². The number of hydrogen-bond donors (Lipinski definition) is 0. The summed E-state index contributed by atoms with van der Waals surface area (Å²) in [7, 11) is -4.50. The Morgan fingerprint density at radius 1 is 1.44 bits per heavy atom. The third-order valence-corrected chi connectivity index (χ3v) is 5.51. The van der Waals surface area contributed by atoms with Crippen molar-refractivity contribution < 1.29 is 41.6 Å². The van der Waals surface area contributed by atoms with Crippen LogP contribution in [0.15, 0.2) is 12.2 Å². The number of fused-ring (bicyclic) bond motifs is 1.